The van der Waals surface area contributed by atoms with Gasteiger partial charge < -0.3 is 19.7 Å². The zero-order valence-electron chi connectivity index (χ0n) is 13.6. The summed E-state index contributed by atoms with van der Waals surface area (Å²) in [5.41, 5.74) is 0.269. The Morgan fingerprint density at radius 3 is 2.79 bits per heavy atom. The fraction of sp³-hybridized carbons (Fsp3) is 0.529. The zero-order valence-corrected chi connectivity index (χ0v) is 13.6. The minimum Gasteiger partial charge on any atom is -0.494 e. The number of amides is 2. The van der Waals surface area contributed by atoms with E-state index < -0.39 is 17.8 Å². The molecular formula is C17H21FN2O4. The molecule has 24 heavy (non-hydrogen) atoms. The molecule has 7 heteroatoms. The number of benzene rings is 1. The lowest BCUT2D eigenvalue weighted by molar-refractivity contribution is -0.132. The molecule has 6 nitrogen and oxygen atoms in total. The fourth-order valence-electron chi connectivity index (χ4n) is 3.24. The maximum atomic E-state index is 13.4. The van der Waals surface area contributed by atoms with Gasteiger partial charge in [0.1, 0.15) is 6.04 Å². The molecule has 1 aromatic rings. The smallest absolute Gasteiger partial charge is 0.252 e. The summed E-state index contributed by atoms with van der Waals surface area (Å²) < 4.78 is 23.6. The van der Waals surface area contributed by atoms with E-state index in [4.69, 9.17) is 9.47 Å². The van der Waals surface area contributed by atoms with Crippen molar-refractivity contribution in [2.24, 2.45) is 0 Å². The van der Waals surface area contributed by atoms with E-state index in [1.165, 1.54) is 25.3 Å². The molecule has 0 aliphatic carbocycles. The van der Waals surface area contributed by atoms with Crippen molar-refractivity contribution >= 4 is 11.8 Å². The van der Waals surface area contributed by atoms with Crippen LogP contribution < -0.4 is 10.1 Å². The number of nitrogens with zero attached hydrogens (tertiary/aromatic N) is 1. The van der Waals surface area contributed by atoms with Crippen LogP contribution in [0.15, 0.2) is 18.2 Å². The molecule has 1 aromatic carbocycles. The standard InChI is InChI=1S/C17H21FN2O4/c1-23-15-10-11(2-3-13(15)18)16(21)19-14-4-7-20(17(14)22)12-5-8-24-9-6-12/h2-3,10,12,14H,4-9H2,1H3,(H,19,21). The minimum atomic E-state index is -0.531. The van der Waals surface area contributed by atoms with Crippen molar-refractivity contribution in [1.82, 2.24) is 10.2 Å². The summed E-state index contributed by atoms with van der Waals surface area (Å²) in [6.07, 6.45) is 2.25. The average Bonchev–Trinajstić information content (AvgIpc) is 2.96. The van der Waals surface area contributed by atoms with Crippen molar-refractivity contribution < 1.29 is 23.5 Å². The molecule has 0 radical (unpaired) electrons. The maximum Gasteiger partial charge on any atom is 0.252 e. The monoisotopic (exact) mass is 336 g/mol. The molecule has 1 unspecified atom stereocenters. The lowest BCUT2D eigenvalue weighted by Crippen LogP contribution is -2.46. The van der Waals surface area contributed by atoms with Gasteiger partial charge in [-0.05, 0) is 37.5 Å². The van der Waals surface area contributed by atoms with Crippen LogP contribution in [0.3, 0.4) is 0 Å². The molecule has 1 atom stereocenters. The summed E-state index contributed by atoms with van der Waals surface area (Å²) in [6.45, 7) is 1.98. The predicted molar refractivity (Wildman–Crippen MR) is 84.4 cm³/mol. The molecule has 130 valence electrons. The summed E-state index contributed by atoms with van der Waals surface area (Å²) in [6, 6.07) is 3.55. The molecule has 1 N–H and O–H groups in total. The van der Waals surface area contributed by atoms with Gasteiger partial charge in [-0.3, -0.25) is 9.59 Å². The van der Waals surface area contributed by atoms with E-state index in [1.807, 2.05) is 4.90 Å². The number of ether oxygens (including phenoxy) is 2. The highest BCUT2D eigenvalue weighted by atomic mass is 19.1. The molecule has 0 bridgehead atoms. The second kappa shape index (κ2) is 7.17. The quantitative estimate of drug-likeness (QED) is 0.901. The van der Waals surface area contributed by atoms with Crippen molar-refractivity contribution in [2.75, 3.05) is 26.9 Å². The van der Waals surface area contributed by atoms with Crippen molar-refractivity contribution in [2.45, 2.75) is 31.3 Å². The van der Waals surface area contributed by atoms with Gasteiger partial charge in [0.05, 0.1) is 7.11 Å². The number of rotatable bonds is 4. The Morgan fingerprint density at radius 2 is 2.08 bits per heavy atom. The number of hydrogen-bond donors (Lipinski definition) is 1. The molecule has 2 aliphatic heterocycles. The van der Waals surface area contributed by atoms with Crippen LogP contribution in [0.5, 0.6) is 5.75 Å². The summed E-state index contributed by atoms with van der Waals surface area (Å²) in [5.74, 6) is -0.981. The van der Waals surface area contributed by atoms with E-state index in [1.54, 1.807) is 0 Å². The molecular weight excluding hydrogens is 315 g/mol. The van der Waals surface area contributed by atoms with Gasteiger partial charge in [-0.1, -0.05) is 0 Å². The number of halogens is 1. The Labute approximate surface area is 139 Å². The number of carbonyl (C=O) groups is 2. The second-order valence-corrected chi connectivity index (χ2v) is 6.04. The van der Waals surface area contributed by atoms with Crippen molar-refractivity contribution in [3.63, 3.8) is 0 Å². The van der Waals surface area contributed by atoms with Crippen LogP contribution >= 0.6 is 0 Å². The molecule has 2 saturated heterocycles. The maximum absolute atomic E-state index is 13.4. The fourth-order valence-corrected chi connectivity index (χ4v) is 3.24. The van der Waals surface area contributed by atoms with E-state index in [9.17, 15) is 14.0 Å². The van der Waals surface area contributed by atoms with Crippen LogP contribution in [0.4, 0.5) is 4.39 Å². The van der Waals surface area contributed by atoms with Gasteiger partial charge in [0.2, 0.25) is 5.91 Å². The summed E-state index contributed by atoms with van der Waals surface area (Å²) in [5, 5.41) is 2.75. The van der Waals surface area contributed by atoms with Gasteiger partial charge in [0.15, 0.2) is 11.6 Å². The Bertz CT molecular complexity index is 631. The lowest BCUT2D eigenvalue weighted by Gasteiger charge is -2.31. The first-order valence-electron chi connectivity index (χ1n) is 8.13. The Kier molecular flexibility index (Phi) is 4.99. The van der Waals surface area contributed by atoms with Crippen LogP contribution in [0.25, 0.3) is 0 Å². The number of methoxy groups -OCH3 is 1. The third kappa shape index (κ3) is 3.36. The van der Waals surface area contributed by atoms with Crippen LogP contribution in [0.1, 0.15) is 29.6 Å². The molecule has 3 rings (SSSR count). The van der Waals surface area contributed by atoms with E-state index in [2.05, 4.69) is 5.32 Å². The van der Waals surface area contributed by atoms with Gasteiger partial charge in [0, 0.05) is 31.4 Å². The van der Waals surface area contributed by atoms with E-state index in [0.29, 0.717) is 26.2 Å². The Hall–Kier alpha value is -2.15. The molecule has 2 heterocycles. The molecule has 2 aliphatic rings. The molecule has 0 saturated carbocycles. The Balaban J connectivity index is 1.63. The summed E-state index contributed by atoms with van der Waals surface area (Å²) >= 11 is 0. The predicted octanol–water partition coefficient (Wildman–Crippen LogP) is 1.34. The highest BCUT2D eigenvalue weighted by Crippen LogP contribution is 2.22. The first-order chi connectivity index (χ1) is 11.6. The summed E-state index contributed by atoms with van der Waals surface area (Å²) in [4.78, 5) is 26.7. The van der Waals surface area contributed by atoms with Gasteiger partial charge >= 0.3 is 0 Å². The van der Waals surface area contributed by atoms with Crippen LogP contribution in [0, 0.1) is 5.82 Å². The largest absolute Gasteiger partial charge is 0.494 e. The van der Waals surface area contributed by atoms with Gasteiger partial charge in [-0.2, -0.15) is 0 Å². The highest BCUT2D eigenvalue weighted by molar-refractivity contribution is 5.98. The summed E-state index contributed by atoms with van der Waals surface area (Å²) in [7, 11) is 1.34. The first kappa shape index (κ1) is 16.7. The molecule has 0 aromatic heterocycles. The molecule has 2 fully saturated rings. The topological polar surface area (TPSA) is 67.9 Å². The SMILES string of the molecule is COc1cc(C(=O)NC2CCN(C3CCOCC3)C2=O)ccc1F. The lowest BCUT2D eigenvalue weighted by atomic mass is 10.1. The van der Waals surface area contributed by atoms with Crippen molar-refractivity contribution in [1.29, 1.82) is 0 Å². The molecule has 0 spiro atoms. The third-order valence-electron chi connectivity index (χ3n) is 4.59. The van der Waals surface area contributed by atoms with Gasteiger partial charge in [0.25, 0.3) is 5.91 Å². The van der Waals surface area contributed by atoms with Gasteiger partial charge in [-0.25, -0.2) is 4.39 Å². The van der Waals surface area contributed by atoms with Gasteiger partial charge in [-0.15, -0.1) is 0 Å². The molecule has 2 amide bonds. The highest BCUT2D eigenvalue weighted by Gasteiger charge is 2.37. The Morgan fingerprint density at radius 1 is 1.33 bits per heavy atom. The van der Waals surface area contributed by atoms with Crippen LogP contribution in [-0.2, 0) is 9.53 Å². The van der Waals surface area contributed by atoms with E-state index in [0.717, 1.165) is 12.8 Å². The third-order valence-corrected chi connectivity index (χ3v) is 4.59. The van der Waals surface area contributed by atoms with E-state index in [-0.39, 0.29) is 23.3 Å². The number of carbonyl (C=O) groups excluding carboxylic acids is 2. The average molecular weight is 336 g/mol. The zero-order chi connectivity index (χ0) is 17.1. The van der Waals surface area contributed by atoms with Crippen LogP contribution in [0.2, 0.25) is 0 Å². The number of nitrogens with one attached hydrogen (secondary N) is 1. The second-order valence-electron chi connectivity index (χ2n) is 6.04. The van der Waals surface area contributed by atoms with Crippen molar-refractivity contribution in [3.8, 4) is 5.75 Å². The number of likely N-dealkylation sites (tertiary alicyclic amines) is 1. The van der Waals surface area contributed by atoms with Crippen molar-refractivity contribution in [3.05, 3.63) is 29.6 Å². The minimum absolute atomic E-state index is 0.00392. The number of hydrogen-bond acceptors (Lipinski definition) is 4. The normalized spacial score (nSPS) is 21.8. The van der Waals surface area contributed by atoms with Crippen LogP contribution in [-0.4, -0.2) is 55.7 Å². The first-order valence-corrected chi connectivity index (χ1v) is 8.13. The van der Waals surface area contributed by atoms with E-state index >= 15 is 0 Å².